The third kappa shape index (κ3) is 4.51. The maximum absolute atomic E-state index is 12.7. The van der Waals surface area contributed by atoms with Crippen molar-refractivity contribution in [2.75, 3.05) is 60.0 Å². The number of hydrogen-bond donors (Lipinski definition) is 1. The second-order valence-corrected chi connectivity index (χ2v) is 8.51. The molecule has 6 nitrogen and oxygen atoms in total. The van der Waals surface area contributed by atoms with E-state index in [9.17, 15) is 9.90 Å². The zero-order valence-electron chi connectivity index (χ0n) is 17.8. The highest BCUT2D eigenvalue weighted by Gasteiger charge is 2.30. The monoisotopic (exact) mass is 409 g/mol. The first-order valence-corrected chi connectivity index (χ1v) is 10.7. The number of piperazine rings is 1. The maximum Gasteiger partial charge on any atom is 0.409 e. The normalized spacial score (nSPS) is 17.7. The van der Waals surface area contributed by atoms with Gasteiger partial charge in [0.25, 0.3) is 0 Å². The number of β-amino-alcohol motifs (C(OH)–C–C–N with tert-alkyl or cyclic N) is 1. The Bertz CT molecular complexity index is 832. The highest BCUT2D eigenvalue weighted by atomic mass is 16.6. The highest BCUT2D eigenvalue weighted by Crippen LogP contribution is 2.44. The predicted molar refractivity (Wildman–Crippen MR) is 118 cm³/mol. The van der Waals surface area contributed by atoms with Gasteiger partial charge >= 0.3 is 6.09 Å². The molecule has 0 radical (unpaired) electrons. The number of fused-ring (bicyclic) bond motifs is 3. The summed E-state index contributed by atoms with van der Waals surface area (Å²) in [5.41, 5.74) is 4.93. The molecule has 30 heavy (non-hydrogen) atoms. The molecule has 4 rings (SSSR count). The summed E-state index contributed by atoms with van der Waals surface area (Å²) in [5, 5.41) is 10.1. The van der Waals surface area contributed by atoms with Crippen LogP contribution in [0.4, 0.5) is 4.79 Å². The molecule has 0 aromatic heterocycles. The quantitative estimate of drug-likeness (QED) is 0.794. The van der Waals surface area contributed by atoms with Crippen LogP contribution in [0.3, 0.4) is 0 Å². The van der Waals surface area contributed by atoms with Crippen LogP contribution in [0.25, 0.3) is 11.1 Å². The molecule has 1 aliphatic heterocycles. The smallest absolute Gasteiger partial charge is 0.409 e. The van der Waals surface area contributed by atoms with Gasteiger partial charge in [0, 0.05) is 45.2 Å². The van der Waals surface area contributed by atoms with Gasteiger partial charge in [0.05, 0.1) is 6.10 Å². The summed E-state index contributed by atoms with van der Waals surface area (Å²) in [6.07, 6.45) is -0.619. The van der Waals surface area contributed by atoms with E-state index in [1.54, 1.807) is 4.90 Å². The van der Waals surface area contributed by atoms with E-state index >= 15 is 0 Å². The first-order valence-electron chi connectivity index (χ1n) is 10.7. The molecule has 2 aromatic carbocycles. The zero-order chi connectivity index (χ0) is 21.1. The van der Waals surface area contributed by atoms with Crippen molar-refractivity contribution in [3.63, 3.8) is 0 Å². The molecule has 0 saturated carbocycles. The standard InChI is InChI=1S/C24H31N3O3/c1-25(2)15-18(28)16-26-11-13-27(14-12-26)24(29)30-17-23-21-9-5-3-7-19(21)20-8-4-6-10-22(20)23/h3-10,18,23,28H,11-17H2,1-2H3. The van der Waals surface area contributed by atoms with Crippen molar-refractivity contribution in [3.05, 3.63) is 59.7 Å². The van der Waals surface area contributed by atoms with Crippen LogP contribution in [-0.2, 0) is 4.74 Å². The molecule has 1 heterocycles. The first kappa shape index (κ1) is 20.8. The Balaban J connectivity index is 1.31. The minimum atomic E-state index is -0.374. The Hall–Kier alpha value is -2.41. The number of carbonyl (C=O) groups is 1. The summed E-state index contributed by atoms with van der Waals surface area (Å²) in [7, 11) is 3.91. The molecule has 1 fully saturated rings. The number of carbonyl (C=O) groups excluding carboxylic acids is 1. The molecule has 1 N–H and O–H groups in total. The van der Waals surface area contributed by atoms with E-state index in [1.165, 1.54) is 22.3 Å². The SMILES string of the molecule is CN(C)CC(O)CN1CCN(C(=O)OCC2c3ccccc3-c3ccccc32)CC1. The molecule has 1 atom stereocenters. The number of hydrogen-bond acceptors (Lipinski definition) is 5. The largest absolute Gasteiger partial charge is 0.448 e. The summed E-state index contributed by atoms with van der Waals surface area (Å²) in [4.78, 5) is 18.7. The summed E-state index contributed by atoms with van der Waals surface area (Å²) in [6.45, 7) is 4.41. The van der Waals surface area contributed by atoms with E-state index in [-0.39, 0.29) is 18.1 Å². The third-order valence-corrected chi connectivity index (χ3v) is 6.01. The molecule has 6 heteroatoms. The van der Waals surface area contributed by atoms with Crippen LogP contribution in [0.5, 0.6) is 0 Å². The van der Waals surface area contributed by atoms with Crippen molar-refractivity contribution in [2.24, 2.45) is 0 Å². The lowest BCUT2D eigenvalue weighted by atomic mass is 9.98. The second kappa shape index (κ2) is 9.16. The summed E-state index contributed by atoms with van der Waals surface area (Å²) in [5.74, 6) is 0.0869. The van der Waals surface area contributed by atoms with Gasteiger partial charge in [-0.2, -0.15) is 0 Å². The van der Waals surface area contributed by atoms with Gasteiger partial charge in [-0.15, -0.1) is 0 Å². The fourth-order valence-corrected chi connectivity index (χ4v) is 4.58. The number of likely N-dealkylation sites (N-methyl/N-ethyl adjacent to an activating group) is 1. The van der Waals surface area contributed by atoms with E-state index in [0.717, 1.165) is 13.1 Å². The van der Waals surface area contributed by atoms with E-state index in [1.807, 2.05) is 31.1 Å². The minimum absolute atomic E-state index is 0.0869. The lowest BCUT2D eigenvalue weighted by Crippen LogP contribution is -2.51. The Morgan fingerprint density at radius 3 is 2.17 bits per heavy atom. The maximum atomic E-state index is 12.7. The van der Waals surface area contributed by atoms with Gasteiger partial charge in [0.1, 0.15) is 6.61 Å². The summed E-state index contributed by atoms with van der Waals surface area (Å²) < 4.78 is 5.76. The van der Waals surface area contributed by atoms with E-state index in [4.69, 9.17) is 4.74 Å². The summed E-state index contributed by atoms with van der Waals surface area (Å²) in [6, 6.07) is 16.7. The van der Waals surface area contributed by atoms with Gasteiger partial charge in [0.2, 0.25) is 0 Å². The van der Waals surface area contributed by atoms with Gasteiger partial charge in [-0.05, 0) is 36.3 Å². The number of benzene rings is 2. The van der Waals surface area contributed by atoms with Crippen molar-refractivity contribution in [1.82, 2.24) is 14.7 Å². The molecular formula is C24H31N3O3. The first-order chi connectivity index (χ1) is 14.5. The predicted octanol–water partition coefficient (Wildman–Crippen LogP) is 2.48. The molecule has 0 bridgehead atoms. The van der Waals surface area contributed by atoms with Crippen LogP contribution < -0.4 is 0 Å². The van der Waals surface area contributed by atoms with Crippen LogP contribution >= 0.6 is 0 Å². The molecule has 0 spiro atoms. The lowest BCUT2D eigenvalue weighted by molar-refractivity contribution is 0.0483. The molecule has 1 unspecified atom stereocenters. The van der Waals surface area contributed by atoms with Gasteiger partial charge < -0.3 is 19.6 Å². The number of rotatable bonds is 6. The van der Waals surface area contributed by atoms with Crippen LogP contribution in [-0.4, -0.2) is 92.0 Å². The molecule has 2 aliphatic rings. The Morgan fingerprint density at radius 2 is 1.60 bits per heavy atom. The van der Waals surface area contributed by atoms with Gasteiger partial charge in [-0.1, -0.05) is 48.5 Å². The van der Waals surface area contributed by atoms with E-state index < -0.39 is 0 Å². The summed E-state index contributed by atoms with van der Waals surface area (Å²) >= 11 is 0. The van der Waals surface area contributed by atoms with Crippen molar-refractivity contribution < 1.29 is 14.6 Å². The number of amides is 1. The van der Waals surface area contributed by atoms with E-state index in [0.29, 0.717) is 32.8 Å². The average molecular weight is 410 g/mol. The number of ether oxygens (including phenoxy) is 1. The van der Waals surface area contributed by atoms with Gasteiger partial charge in [-0.25, -0.2) is 4.79 Å². The molecule has 1 amide bonds. The fraction of sp³-hybridized carbons (Fsp3) is 0.458. The van der Waals surface area contributed by atoms with Gasteiger partial charge in [0.15, 0.2) is 0 Å². The molecule has 160 valence electrons. The van der Waals surface area contributed by atoms with Crippen LogP contribution in [0, 0.1) is 0 Å². The second-order valence-electron chi connectivity index (χ2n) is 8.51. The topological polar surface area (TPSA) is 56.2 Å². The zero-order valence-corrected chi connectivity index (χ0v) is 17.8. The van der Waals surface area contributed by atoms with Crippen molar-refractivity contribution in [3.8, 4) is 11.1 Å². The minimum Gasteiger partial charge on any atom is -0.448 e. The Kier molecular flexibility index (Phi) is 6.37. The Labute approximate surface area is 178 Å². The lowest BCUT2D eigenvalue weighted by Gasteiger charge is -2.35. The van der Waals surface area contributed by atoms with Crippen LogP contribution in [0.2, 0.25) is 0 Å². The average Bonchev–Trinajstić information content (AvgIpc) is 3.06. The molecule has 2 aromatic rings. The molecule has 1 saturated heterocycles. The van der Waals surface area contributed by atoms with Crippen molar-refractivity contribution >= 4 is 6.09 Å². The third-order valence-electron chi connectivity index (χ3n) is 6.01. The number of aliphatic hydroxyl groups is 1. The highest BCUT2D eigenvalue weighted by molar-refractivity contribution is 5.79. The van der Waals surface area contributed by atoms with Crippen LogP contribution in [0.15, 0.2) is 48.5 Å². The van der Waals surface area contributed by atoms with Crippen molar-refractivity contribution in [1.29, 1.82) is 0 Å². The van der Waals surface area contributed by atoms with Gasteiger partial charge in [-0.3, -0.25) is 4.90 Å². The molecule has 1 aliphatic carbocycles. The van der Waals surface area contributed by atoms with Crippen LogP contribution in [0.1, 0.15) is 17.0 Å². The Morgan fingerprint density at radius 1 is 1.03 bits per heavy atom. The molecular weight excluding hydrogens is 378 g/mol. The fourth-order valence-electron chi connectivity index (χ4n) is 4.58. The number of aliphatic hydroxyl groups excluding tert-OH is 1. The van der Waals surface area contributed by atoms with E-state index in [2.05, 4.69) is 41.3 Å². The number of nitrogens with zero attached hydrogens (tertiary/aromatic N) is 3. The van der Waals surface area contributed by atoms with Crippen molar-refractivity contribution in [2.45, 2.75) is 12.0 Å².